The zero-order chi connectivity index (χ0) is 16.3. The van der Waals surface area contributed by atoms with Crippen molar-refractivity contribution in [3.8, 4) is 0 Å². The van der Waals surface area contributed by atoms with E-state index in [0.29, 0.717) is 0 Å². The number of carbonyl (C=O) groups is 1. The second-order valence-electron chi connectivity index (χ2n) is 4.30. The molecule has 8 nitrogen and oxygen atoms in total. The van der Waals surface area contributed by atoms with Gasteiger partial charge in [-0.25, -0.2) is 21.6 Å². The first kappa shape index (κ1) is 17.4. The molecule has 0 atom stereocenters. The first-order valence-corrected chi connectivity index (χ1v) is 9.36. The van der Waals surface area contributed by atoms with E-state index in [9.17, 15) is 21.6 Å². The molecule has 0 amide bonds. The molecule has 10 heteroatoms. The monoisotopic (exact) mass is 337 g/mol. The Morgan fingerprint density at radius 2 is 1.67 bits per heavy atom. The van der Waals surface area contributed by atoms with Crippen LogP contribution in [0.4, 0.5) is 5.69 Å². The van der Waals surface area contributed by atoms with Gasteiger partial charge in [-0.1, -0.05) is 0 Å². The molecule has 0 aliphatic heterocycles. The van der Waals surface area contributed by atoms with E-state index in [0.717, 1.165) is 10.6 Å². The lowest BCUT2D eigenvalue weighted by Crippen LogP contribution is -2.37. The number of carboxylic acids is 1. The van der Waals surface area contributed by atoms with Crippen LogP contribution >= 0.6 is 0 Å². The zero-order valence-corrected chi connectivity index (χ0v) is 12.8. The number of nitrogens with zero attached hydrogens (tertiary/aromatic N) is 1. The third-order valence-corrected chi connectivity index (χ3v) is 6.37. The summed E-state index contributed by atoms with van der Waals surface area (Å²) in [7, 11) is -7.97. The van der Waals surface area contributed by atoms with Crippen molar-refractivity contribution in [2.75, 3.05) is 28.8 Å². The molecule has 0 saturated carbocycles. The molecule has 0 spiro atoms. The van der Waals surface area contributed by atoms with Gasteiger partial charge >= 0.3 is 5.97 Å². The Morgan fingerprint density at radius 1 is 1.14 bits per heavy atom. The van der Waals surface area contributed by atoms with E-state index >= 15 is 0 Å². The van der Waals surface area contributed by atoms with Crippen molar-refractivity contribution in [3.05, 3.63) is 29.8 Å². The lowest BCUT2D eigenvalue weighted by molar-refractivity contribution is 0.0697. The Bertz CT molecular complexity index is 707. The Labute approximate surface area is 122 Å². The third kappa shape index (κ3) is 4.99. The predicted octanol–water partition coefficient (Wildman–Crippen LogP) is -0.485. The van der Waals surface area contributed by atoms with E-state index in [-0.39, 0.29) is 17.8 Å². The fraction of sp³-hybridized carbons (Fsp3) is 0.364. The number of benzene rings is 1. The maximum atomic E-state index is 12.1. The van der Waals surface area contributed by atoms with Crippen LogP contribution in [0.25, 0.3) is 0 Å². The highest BCUT2D eigenvalue weighted by molar-refractivity contribution is 8.08. The summed E-state index contributed by atoms with van der Waals surface area (Å²) in [6.07, 6.45) is 0.787. The van der Waals surface area contributed by atoms with Crippen LogP contribution in [-0.4, -0.2) is 57.5 Å². The number of hydrogen-bond donors (Lipinski definition) is 2. The average Bonchev–Trinajstić information content (AvgIpc) is 2.33. The Kier molecular flexibility index (Phi) is 5.31. The molecule has 0 heterocycles. The normalized spacial score (nSPS) is 12.1. The minimum absolute atomic E-state index is 0.0387. The van der Waals surface area contributed by atoms with Crippen molar-refractivity contribution in [1.82, 2.24) is 0 Å². The summed E-state index contributed by atoms with van der Waals surface area (Å²) in [5.41, 5.74) is 0.0425. The minimum Gasteiger partial charge on any atom is -0.478 e. The highest BCUT2D eigenvalue weighted by atomic mass is 32.3. The molecular formula is C11H15NO7S2. The van der Waals surface area contributed by atoms with Crippen LogP contribution in [0.3, 0.4) is 0 Å². The smallest absolute Gasteiger partial charge is 0.335 e. The number of hydrogen-bond acceptors (Lipinski definition) is 6. The summed E-state index contributed by atoms with van der Waals surface area (Å²) >= 11 is 0. The number of aliphatic hydroxyl groups excluding tert-OH is 1. The van der Waals surface area contributed by atoms with Crippen molar-refractivity contribution in [1.29, 1.82) is 0 Å². The quantitative estimate of drug-likeness (QED) is 0.687. The summed E-state index contributed by atoms with van der Waals surface area (Å²) < 4.78 is 47.3. The van der Waals surface area contributed by atoms with Crippen molar-refractivity contribution in [3.63, 3.8) is 0 Å². The standard InChI is InChI=1S/C11H15NO7S2/c1-20(16,17)8-21(18,19)12(6-7-13)10-4-2-9(3-5-10)11(14)15/h2-5,13H,6-8H2,1H3,(H,14,15). The Morgan fingerprint density at radius 3 is 2.05 bits per heavy atom. The average molecular weight is 337 g/mol. The third-order valence-electron chi connectivity index (χ3n) is 2.40. The molecule has 1 rings (SSSR count). The number of rotatable bonds is 7. The molecule has 2 N–H and O–H groups in total. The molecule has 21 heavy (non-hydrogen) atoms. The highest BCUT2D eigenvalue weighted by Gasteiger charge is 2.26. The second kappa shape index (κ2) is 6.41. The van der Waals surface area contributed by atoms with Crippen molar-refractivity contribution in [2.24, 2.45) is 0 Å². The summed E-state index contributed by atoms with van der Waals surface area (Å²) in [5, 5.41) is 16.6. The molecule has 0 unspecified atom stereocenters. The molecular weight excluding hydrogens is 322 g/mol. The predicted molar refractivity (Wildman–Crippen MR) is 76.5 cm³/mol. The molecule has 0 radical (unpaired) electrons. The Hall–Kier alpha value is -1.65. The maximum absolute atomic E-state index is 12.1. The van der Waals surface area contributed by atoms with Gasteiger partial charge in [0.15, 0.2) is 14.9 Å². The van der Waals surface area contributed by atoms with Gasteiger partial charge in [0.25, 0.3) is 0 Å². The fourth-order valence-electron chi connectivity index (χ4n) is 1.62. The van der Waals surface area contributed by atoms with Crippen molar-refractivity contribution < 1.29 is 31.8 Å². The van der Waals surface area contributed by atoms with E-state index in [1.807, 2.05) is 0 Å². The molecule has 118 valence electrons. The number of sulfone groups is 1. The van der Waals surface area contributed by atoms with Gasteiger partial charge in [0.05, 0.1) is 24.4 Å². The molecule has 1 aromatic rings. The second-order valence-corrected chi connectivity index (χ2v) is 8.70. The van der Waals surface area contributed by atoms with E-state index in [1.165, 1.54) is 24.3 Å². The van der Waals surface area contributed by atoms with Gasteiger partial charge in [-0.15, -0.1) is 0 Å². The number of aromatic carboxylic acids is 1. The molecule has 0 aliphatic carbocycles. The first-order valence-electron chi connectivity index (χ1n) is 5.69. The lowest BCUT2D eigenvalue weighted by atomic mass is 10.2. The van der Waals surface area contributed by atoms with Crippen molar-refractivity contribution >= 4 is 31.5 Å². The summed E-state index contributed by atoms with van der Waals surface area (Å²) in [6.45, 7) is -0.839. The zero-order valence-electron chi connectivity index (χ0n) is 11.1. The van der Waals surface area contributed by atoms with Crippen LogP contribution in [0.5, 0.6) is 0 Å². The molecule has 0 aromatic heterocycles. The molecule has 0 fully saturated rings. The van der Waals surface area contributed by atoms with Crippen LogP contribution in [-0.2, 0) is 19.9 Å². The Balaban J connectivity index is 3.20. The van der Waals surface area contributed by atoms with Gasteiger partial charge in [-0.05, 0) is 24.3 Å². The van der Waals surface area contributed by atoms with Gasteiger partial charge < -0.3 is 10.2 Å². The number of aliphatic hydroxyl groups is 1. The maximum Gasteiger partial charge on any atom is 0.335 e. The van der Waals surface area contributed by atoms with Crippen LogP contribution in [0, 0.1) is 0 Å². The highest BCUT2D eigenvalue weighted by Crippen LogP contribution is 2.19. The van der Waals surface area contributed by atoms with Crippen LogP contribution in [0.15, 0.2) is 24.3 Å². The minimum atomic E-state index is -4.19. The number of anilines is 1. The molecule has 0 bridgehead atoms. The summed E-state index contributed by atoms with van der Waals surface area (Å²) in [5.74, 6) is -1.17. The lowest BCUT2D eigenvalue weighted by Gasteiger charge is -2.23. The van der Waals surface area contributed by atoms with Crippen LogP contribution < -0.4 is 4.31 Å². The van der Waals surface area contributed by atoms with E-state index < -0.39 is 37.5 Å². The first-order chi connectivity index (χ1) is 9.57. The molecule has 0 aliphatic rings. The summed E-state index contributed by atoms with van der Waals surface area (Å²) in [6, 6.07) is 4.86. The van der Waals surface area contributed by atoms with Gasteiger partial charge in [-0.3, -0.25) is 4.31 Å². The number of carboxylic acid groups (broad SMARTS) is 1. The fourth-order valence-corrected chi connectivity index (χ4v) is 5.10. The molecule has 1 aromatic carbocycles. The van der Waals surface area contributed by atoms with Crippen LogP contribution in [0.2, 0.25) is 0 Å². The van der Waals surface area contributed by atoms with E-state index in [2.05, 4.69) is 0 Å². The van der Waals surface area contributed by atoms with Gasteiger partial charge in [0, 0.05) is 6.26 Å². The van der Waals surface area contributed by atoms with E-state index in [4.69, 9.17) is 10.2 Å². The summed E-state index contributed by atoms with van der Waals surface area (Å²) in [4.78, 5) is 10.7. The topological polar surface area (TPSA) is 129 Å². The number of sulfonamides is 1. The van der Waals surface area contributed by atoms with Gasteiger partial charge in [0.2, 0.25) is 10.0 Å². The SMILES string of the molecule is CS(=O)(=O)CS(=O)(=O)N(CCO)c1ccc(C(=O)O)cc1. The van der Waals surface area contributed by atoms with Crippen molar-refractivity contribution in [2.45, 2.75) is 0 Å². The molecule has 0 saturated heterocycles. The van der Waals surface area contributed by atoms with Crippen LogP contribution in [0.1, 0.15) is 10.4 Å². The van der Waals surface area contributed by atoms with Gasteiger partial charge in [0.1, 0.15) is 0 Å². The largest absolute Gasteiger partial charge is 0.478 e. The van der Waals surface area contributed by atoms with E-state index in [1.54, 1.807) is 0 Å². The van der Waals surface area contributed by atoms with Gasteiger partial charge in [-0.2, -0.15) is 0 Å².